The molecule has 33 heavy (non-hydrogen) atoms. The van der Waals surface area contributed by atoms with Crippen molar-refractivity contribution in [3.63, 3.8) is 0 Å². The van der Waals surface area contributed by atoms with Gasteiger partial charge in [0.2, 0.25) is 5.91 Å². The zero-order valence-electron chi connectivity index (χ0n) is 18.4. The molecule has 1 atom stereocenters. The van der Waals surface area contributed by atoms with Gasteiger partial charge >= 0.3 is 6.36 Å². The van der Waals surface area contributed by atoms with Gasteiger partial charge in [0.1, 0.15) is 5.83 Å². The van der Waals surface area contributed by atoms with Gasteiger partial charge in [0, 0.05) is 29.8 Å². The van der Waals surface area contributed by atoms with Crippen LogP contribution in [0.5, 0.6) is 0 Å². The van der Waals surface area contributed by atoms with Crippen LogP contribution in [0.3, 0.4) is 0 Å². The number of amides is 2. The molecule has 0 aliphatic rings. The first-order valence-corrected chi connectivity index (χ1v) is 9.46. The molecule has 0 radical (unpaired) electrons. The van der Waals surface area contributed by atoms with Crippen molar-refractivity contribution in [1.82, 2.24) is 10.6 Å². The molecule has 6 nitrogen and oxygen atoms in total. The molecule has 0 aromatic rings. The average molecular weight is 497 g/mol. The zero-order chi connectivity index (χ0) is 26.4. The summed E-state index contributed by atoms with van der Waals surface area (Å²) < 4.78 is 56.4. The lowest BCUT2D eigenvalue weighted by Gasteiger charge is -2.16. The third-order valence-electron chi connectivity index (χ3n) is 2.81. The summed E-state index contributed by atoms with van der Waals surface area (Å²) >= 11 is 5.10. The van der Waals surface area contributed by atoms with Crippen LogP contribution in [0.15, 0.2) is 86.8 Å². The van der Waals surface area contributed by atoms with Crippen molar-refractivity contribution in [2.75, 3.05) is 6.61 Å². The predicted molar refractivity (Wildman–Crippen MR) is 122 cm³/mol. The Morgan fingerprint density at radius 3 is 2.15 bits per heavy atom. The van der Waals surface area contributed by atoms with Gasteiger partial charge in [0.25, 0.3) is 5.91 Å². The van der Waals surface area contributed by atoms with Gasteiger partial charge in [0.05, 0.1) is 18.9 Å². The Labute approximate surface area is 196 Å². The molecule has 0 fully saturated rings. The maximum absolute atomic E-state index is 12.7. The van der Waals surface area contributed by atoms with E-state index in [9.17, 15) is 27.2 Å². The molecule has 0 aromatic heterocycles. The molecule has 1 unspecified atom stereocenters. The van der Waals surface area contributed by atoms with Gasteiger partial charge in [-0.25, -0.2) is 4.39 Å². The van der Waals surface area contributed by atoms with Crippen LogP contribution in [-0.4, -0.2) is 30.8 Å². The second-order valence-corrected chi connectivity index (χ2v) is 5.85. The minimum atomic E-state index is -4.81. The third kappa shape index (κ3) is 24.9. The van der Waals surface area contributed by atoms with Crippen molar-refractivity contribution >= 4 is 23.4 Å². The van der Waals surface area contributed by atoms with Crippen molar-refractivity contribution in [1.29, 1.82) is 0 Å². The van der Waals surface area contributed by atoms with E-state index in [1.54, 1.807) is 6.92 Å². The molecule has 0 spiro atoms. The topological polar surface area (TPSA) is 76.7 Å². The van der Waals surface area contributed by atoms with E-state index in [0.29, 0.717) is 11.8 Å². The highest BCUT2D eigenvalue weighted by molar-refractivity contribution is 6.25. The van der Waals surface area contributed by atoms with Crippen LogP contribution in [0.2, 0.25) is 0 Å². The number of carbonyl (C=O) groups excluding carboxylic acids is 2. The molecule has 0 aliphatic heterocycles. The van der Waals surface area contributed by atoms with Crippen molar-refractivity contribution in [3.05, 3.63) is 86.8 Å². The Bertz CT molecular complexity index is 718. The normalized spacial score (nSPS) is 11.9. The van der Waals surface area contributed by atoms with Crippen molar-refractivity contribution < 1.29 is 36.6 Å². The van der Waals surface area contributed by atoms with E-state index < -0.39 is 30.0 Å². The van der Waals surface area contributed by atoms with Gasteiger partial charge in [-0.2, -0.15) is 0 Å². The van der Waals surface area contributed by atoms with Crippen LogP contribution in [0.4, 0.5) is 17.6 Å². The standard InChI is InChI=1S/C18H21ClF4N2O4.2C2H4/c1-12(4-7-29-18(21,22)23)8-16(26)24-13(2)9-14(3)25-17(27)11-28-6-5-15(20)10-19;2*1-2/h4-7,10,14H,1-2,8-9,11H2,3H3,(H,24,26)(H,25,27);2*1-2H2/b6-5+,7-4+,15-10-;;. The molecule has 0 aliphatic carbocycles. The number of alkyl halides is 3. The molecular weight excluding hydrogens is 468 g/mol. The van der Waals surface area contributed by atoms with Gasteiger partial charge in [-0.05, 0) is 18.6 Å². The fourth-order valence-electron chi connectivity index (χ4n) is 1.78. The summed E-state index contributed by atoms with van der Waals surface area (Å²) in [7, 11) is 0. The molecule has 0 heterocycles. The van der Waals surface area contributed by atoms with E-state index >= 15 is 0 Å². The molecule has 0 saturated heterocycles. The Balaban J connectivity index is -0.00000212. The lowest BCUT2D eigenvalue weighted by Crippen LogP contribution is -2.36. The Morgan fingerprint density at radius 1 is 1.06 bits per heavy atom. The van der Waals surface area contributed by atoms with E-state index in [1.165, 1.54) is 0 Å². The van der Waals surface area contributed by atoms with Gasteiger partial charge < -0.3 is 20.1 Å². The van der Waals surface area contributed by atoms with Gasteiger partial charge in [0.15, 0.2) is 6.61 Å². The van der Waals surface area contributed by atoms with Gasteiger partial charge in [-0.1, -0.05) is 24.8 Å². The fourth-order valence-corrected chi connectivity index (χ4v) is 1.85. The first-order valence-electron chi connectivity index (χ1n) is 9.02. The molecule has 186 valence electrons. The second-order valence-electron chi connectivity index (χ2n) is 5.63. The minimum absolute atomic E-state index is 0.0894. The summed E-state index contributed by atoms with van der Waals surface area (Å²) in [5.74, 6) is -1.77. The Morgan fingerprint density at radius 2 is 1.64 bits per heavy atom. The third-order valence-corrected chi connectivity index (χ3v) is 3.02. The van der Waals surface area contributed by atoms with E-state index in [4.69, 9.17) is 16.3 Å². The van der Waals surface area contributed by atoms with Gasteiger partial charge in [-0.3, -0.25) is 9.59 Å². The summed E-state index contributed by atoms with van der Waals surface area (Å²) in [6, 6.07) is -0.411. The molecule has 0 bridgehead atoms. The van der Waals surface area contributed by atoms with Crippen LogP contribution in [-0.2, 0) is 19.1 Å². The van der Waals surface area contributed by atoms with Crippen molar-refractivity contribution in [3.8, 4) is 0 Å². The highest BCUT2D eigenvalue weighted by Gasteiger charge is 2.28. The number of halogens is 5. The molecule has 2 N–H and O–H groups in total. The highest BCUT2D eigenvalue weighted by Crippen LogP contribution is 2.16. The Hall–Kier alpha value is -3.27. The number of rotatable bonds is 12. The summed E-state index contributed by atoms with van der Waals surface area (Å²) in [4.78, 5) is 23.4. The maximum atomic E-state index is 12.7. The molecule has 0 rings (SSSR count). The predicted octanol–water partition coefficient (Wildman–Crippen LogP) is 5.69. The van der Waals surface area contributed by atoms with E-state index in [1.807, 2.05) is 0 Å². The van der Waals surface area contributed by atoms with E-state index in [-0.39, 0.29) is 30.7 Å². The van der Waals surface area contributed by atoms with E-state index in [0.717, 1.165) is 18.4 Å². The summed E-state index contributed by atoms with van der Waals surface area (Å²) in [5.41, 5.74) is 1.07. The van der Waals surface area contributed by atoms with Crippen LogP contribution < -0.4 is 10.6 Å². The summed E-state index contributed by atoms with van der Waals surface area (Å²) in [5, 5.41) is 5.02. The first kappa shape index (κ1) is 34.3. The Kier molecular flexibility index (Phi) is 21.5. The van der Waals surface area contributed by atoms with Crippen LogP contribution in [0, 0.1) is 0 Å². The monoisotopic (exact) mass is 496 g/mol. The summed E-state index contributed by atoms with van der Waals surface area (Å²) in [6.45, 7) is 20.4. The van der Waals surface area contributed by atoms with Crippen molar-refractivity contribution in [2.45, 2.75) is 32.2 Å². The first-order chi connectivity index (χ1) is 15.4. The van der Waals surface area contributed by atoms with Crippen LogP contribution >= 0.6 is 11.6 Å². The molecule has 0 saturated carbocycles. The smallest absolute Gasteiger partial charge is 0.491 e. The largest absolute Gasteiger partial charge is 0.572 e. The lowest BCUT2D eigenvalue weighted by atomic mass is 10.1. The lowest BCUT2D eigenvalue weighted by molar-refractivity contribution is -0.298. The number of hydrogen-bond acceptors (Lipinski definition) is 4. The number of allylic oxidation sites excluding steroid dienone is 3. The number of nitrogens with one attached hydrogen (secondary N) is 2. The van der Waals surface area contributed by atoms with E-state index in [2.05, 4.69) is 54.8 Å². The number of hydrogen-bond donors (Lipinski definition) is 2. The summed E-state index contributed by atoms with van der Waals surface area (Å²) in [6.07, 6.45) is -1.69. The number of ether oxygens (including phenoxy) is 2. The zero-order valence-corrected chi connectivity index (χ0v) is 19.1. The minimum Gasteiger partial charge on any atom is -0.491 e. The second kappa shape index (κ2) is 20.6. The van der Waals surface area contributed by atoms with Crippen LogP contribution in [0.25, 0.3) is 0 Å². The fraction of sp³-hybridized carbons (Fsp3) is 0.273. The average Bonchev–Trinajstić information content (AvgIpc) is 2.72. The molecule has 2 amide bonds. The maximum Gasteiger partial charge on any atom is 0.572 e. The van der Waals surface area contributed by atoms with Crippen LogP contribution in [0.1, 0.15) is 19.8 Å². The van der Waals surface area contributed by atoms with Gasteiger partial charge in [-0.15, -0.1) is 39.5 Å². The number of carbonyl (C=O) groups is 2. The molecule has 11 heteroatoms. The molecular formula is C22H29ClF4N2O4. The quantitative estimate of drug-likeness (QED) is 0.157. The highest BCUT2D eigenvalue weighted by atomic mass is 35.5. The van der Waals surface area contributed by atoms with Crippen molar-refractivity contribution in [2.24, 2.45) is 0 Å². The molecule has 0 aromatic carbocycles. The SMILES string of the molecule is C=C.C=C.C=C(/C=C/OC(F)(F)F)CC(=O)NC(=C)CC(C)NC(=O)CO/C=C/C(F)=C/Cl.